The van der Waals surface area contributed by atoms with Gasteiger partial charge >= 0.3 is 12.1 Å². The number of hydrogen-bond acceptors (Lipinski definition) is 5. The molecule has 0 aromatic rings. The summed E-state index contributed by atoms with van der Waals surface area (Å²) in [5, 5.41) is 13.3. The van der Waals surface area contributed by atoms with Crippen LogP contribution in [0.5, 0.6) is 0 Å². The van der Waals surface area contributed by atoms with Gasteiger partial charge in [-0.25, -0.2) is 9.59 Å². The highest BCUT2D eigenvalue weighted by Gasteiger charge is 2.30. The quantitative estimate of drug-likeness (QED) is 0.594. The monoisotopic (exact) mass is 316 g/mol. The van der Waals surface area contributed by atoms with Gasteiger partial charge in [0, 0.05) is 5.92 Å². The van der Waals surface area contributed by atoms with Crippen LogP contribution in [0.25, 0.3) is 0 Å². The molecule has 0 saturated heterocycles. The molecule has 0 aromatic heterocycles. The van der Waals surface area contributed by atoms with E-state index in [9.17, 15) is 19.2 Å². The third-order valence-corrected chi connectivity index (χ3v) is 2.73. The van der Waals surface area contributed by atoms with Crippen LogP contribution in [0.3, 0.4) is 0 Å². The van der Waals surface area contributed by atoms with E-state index in [1.54, 1.807) is 34.6 Å². The molecule has 2 amide bonds. The Labute approximate surface area is 129 Å². The van der Waals surface area contributed by atoms with Crippen LogP contribution in [0, 0.1) is 5.92 Å². The second-order valence-corrected chi connectivity index (χ2v) is 5.91. The van der Waals surface area contributed by atoms with Crippen LogP contribution in [0.1, 0.15) is 41.0 Å². The van der Waals surface area contributed by atoms with Crippen LogP contribution >= 0.6 is 0 Å². The number of alkyl carbamates (subject to hydrolysis) is 1. The SMILES string of the molecule is CC[C@H](C)C(=O)C(NC(=O)CNC(=O)OC(C)(C)C)C(=O)O. The van der Waals surface area contributed by atoms with Gasteiger partial charge in [0.25, 0.3) is 0 Å². The van der Waals surface area contributed by atoms with E-state index in [0.29, 0.717) is 6.42 Å². The summed E-state index contributed by atoms with van der Waals surface area (Å²) >= 11 is 0. The molecule has 22 heavy (non-hydrogen) atoms. The molecule has 0 heterocycles. The van der Waals surface area contributed by atoms with Gasteiger partial charge in [-0.2, -0.15) is 0 Å². The second kappa shape index (κ2) is 8.35. The Kier molecular flexibility index (Phi) is 7.55. The molecular formula is C14H24N2O6. The highest BCUT2D eigenvalue weighted by molar-refractivity contribution is 6.06. The van der Waals surface area contributed by atoms with Gasteiger partial charge in [-0.1, -0.05) is 13.8 Å². The first kappa shape index (κ1) is 19.9. The predicted molar refractivity (Wildman–Crippen MR) is 78.3 cm³/mol. The molecule has 0 saturated carbocycles. The number of carbonyl (C=O) groups is 4. The van der Waals surface area contributed by atoms with Gasteiger partial charge < -0.3 is 20.5 Å². The summed E-state index contributed by atoms with van der Waals surface area (Å²) in [6, 6.07) is -1.62. The molecule has 2 atom stereocenters. The Morgan fingerprint density at radius 2 is 1.73 bits per heavy atom. The molecule has 0 fully saturated rings. The third-order valence-electron chi connectivity index (χ3n) is 2.73. The van der Waals surface area contributed by atoms with Gasteiger partial charge in [0.1, 0.15) is 12.1 Å². The zero-order valence-corrected chi connectivity index (χ0v) is 13.6. The molecule has 0 aliphatic carbocycles. The molecule has 8 nitrogen and oxygen atoms in total. The Bertz CT molecular complexity index is 441. The molecule has 0 aromatic carbocycles. The van der Waals surface area contributed by atoms with E-state index in [0.717, 1.165) is 0 Å². The van der Waals surface area contributed by atoms with Crippen LogP contribution in [0.15, 0.2) is 0 Å². The molecule has 3 N–H and O–H groups in total. The van der Waals surface area contributed by atoms with Gasteiger partial charge in [-0.05, 0) is 27.2 Å². The molecule has 0 bridgehead atoms. The number of hydrogen-bond donors (Lipinski definition) is 3. The van der Waals surface area contributed by atoms with E-state index < -0.39 is 47.9 Å². The van der Waals surface area contributed by atoms with E-state index in [1.807, 2.05) is 0 Å². The summed E-state index contributed by atoms with van der Waals surface area (Å²) < 4.78 is 4.93. The number of amides is 2. The van der Waals surface area contributed by atoms with Crippen molar-refractivity contribution in [3.05, 3.63) is 0 Å². The lowest BCUT2D eigenvalue weighted by Gasteiger charge is -2.20. The van der Waals surface area contributed by atoms with Crippen molar-refractivity contribution >= 4 is 23.8 Å². The number of carbonyl (C=O) groups excluding carboxylic acids is 3. The zero-order valence-electron chi connectivity index (χ0n) is 13.6. The molecule has 0 spiro atoms. The molecule has 1 unspecified atom stereocenters. The number of Topliss-reactive ketones (excluding diaryl/α,β-unsaturated/α-hetero) is 1. The number of carboxylic acid groups (broad SMARTS) is 1. The van der Waals surface area contributed by atoms with Gasteiger partial charge in [0.2, 0.25) is 5.91 Å². The summed E-state index contributed by atoms with van der Waals surface area (Å²) in [5.41, 5.74) is -0.712. The normalized spacial score (nSPS) is 13.7. The lowest BCUT2D eigenvalue weighted by molar-refractivity contribution is -0.146. The number of ether oxygens (including phenoxy) is 1. The summed E-state index contributed by atoms with van der Waals surface area (Å²) in [5.74, 6) is -3.29. The van der Waals surface area contributed by atoms with E-state index in [2.05, 4.69) is 10.6 Å². The summed E-state index contributed by atoms with van der Waals surface area (Å²) in [6.07, 6.45) is -0.336. The second-order valence-electron chi connectivity index (χ2n) is 5.91. The van der Waals surface area contributed by atoms with Crippen molar-refractivity contribution in [1.82, 2.24) is 10.6 Å². The van der Waals surface area contributed by atoms with Crippen molar-refractivity contribution in [2.45, 2.75) is 52.7 Å². The van der Waals surface area contributed by atoms with Crippen molar-refractivity contribution in [2.24, 2.45) is 5.92 Å². The van der Waals surface area contributed by atoms with Gasteiger partial charge in [-0.15, -0.1) is 0 Å². The summed E-state index contributed by atoms with van der Waals surface area (Å²) in [4.78, 5) is 46.0. The smallest absolute Gasteiger partial charge is 0.408 e. The van der Waals surface area contributed by atoms with Gasteiger partial charge in [0.05, 0.1) is 0 Å². The standard InChI is InChI=1S/C14H24N2O6/c1-6-8(2)11(18)10(12(19)20)16-9(17)7-15-13(21)22-14(3,4)5/h8,10H,6-7H2,1-5H3,(H,15,21)(H,16,17)(H,19,20)/t8-,10?/m0/s1. The minimum atomic E-state index is -1.62. The highest BCUT2D eigenvalue weighted by atomic mass is 16.6. The van der Waals surface area contributed by atoms with E-state index in [4.69, 9.17) is 9.84 Å². The average molecular weight is 316 g/mol. The largest absolute Gasteiger partial charge is 0.479 e. The third kappa shape index (κ3) is 7.61. The van der Waals surface area contributed by atoms with E-state index in [1.165, 1.54) is 0 Å². The molecule has 0 radical (unpaired) electrons. The van der Waals surface area contributed by atoms with Crippen molar-refractivity contribution in [3.63, 3.8) is 0 Å². The predicted octanol–water partition coefficient (Wildman–Crippen LogP) is 0.696. The fraction of sp³-hybridized carbons (Fsp3) is 0.714. The summed E-state index contributed by atoms with van der Waals surface area (Å²) in [7, 11) is 0. The van der Waals surface area contributed by atoms with Crippen molar-refractivity contribution in [3.8, 4) is 0 Å². The average Bonchev–Trinajstić information content (AvgIpc) is 2.38. The minimum Gasteiger partial charge on any atom is -0.479 e. The maximum Gasteiger partial charge on any atom is 0.408 e. The molecule has 0 aliphatic heterocycles. The fourth-order valence-corrected chi connectivity index (χ4v) is 1.42. The first-order chi connectivity index (χ1) is 9.97. The highest BCUT2D eigenvalue weighted by Crippen LogP contribution is 2.07. The minimum absolute atomic E-state index is 0.467. The number of ketones is 1. The van der Waals surface area contributed by atoms with Crippen molar-refractivity contribution < 1.29 is 29.0 Å². The molecular weight excluding hydrogens is 292 g/mol. The lowest BCUT2D eigenvalue weighted by atomic mass is 9.97. The zero-order chi connectivity index (χ0) is 17.5. The maximum atomic E-state index is 11.9. The molecule has 126 valence electrons. The topological polar surface area (TPSA) is 122 Å². The van der Waals surface area contributed by atoms with Gasteiger partial charge in [0.15, 0.2) is 11.8 Å². The van der Waals surface area contributed by atoms with Crippen molar-refractivity contribution in [1.29, 1.82) is 0 Å². The molecule has 0 rings (SSSR count). The van der Waals surface area contributed by atoms with E-state index >= 15 is 0 Å². The number of carboxylic acids is 1. The van der Waals surface area contributed by atoms with Crippen LogP contribution < -0.4 is 10.6 Å². The fourth-order valence-electron chi connectivity index (χ4n) is 1.42. The van der Waals surface area contributed by atoms with Gasteiger partial charge in [-0.3, -0.25) is 9.59 Å². The Morgan fingerprint density at radius 1 is 1.18 bits per heavy atom. The Hall–Kier alpha value is -2.12. The first-order valence-corrected chi connectivity index (χ1v) is 7.00. The van der Waals surface area contributed by atoms with Crippen LogP contribution in [0.2, 0.25) is 0 Å². The van der Waals surface area contributed by atoms with Crippen LogP contribution in [-0.2, 0) is 19.1 Å². The van der Waals surface area contributed by atoms with Crippen LogP contribution in [0.4, 0.5) is 4.79 Å². The van der Waals surface area contributed by atoms with E-state index in [-0.39, 0.29) is 0 Å². The van der Waals surface area contributed by atoms with Crippen LogP contribution in [-0.4, -0.2) is 47.0 Å². The number of rotatable bonds is 7. The maximum absolute atomic E-state index is 11.9. The molecule has 8 heteroatoms. The summed E-state index contributed by atoms with van der Waals surface area (Å²) in [6.45, 7) is 7.84. The van der Waals surface area contributed by atoms with Crippen molar-refractivity contribution in [2.75, 3.05) is 6.54 Å². The number of nitrogens with one attached hydrogen (secondary N) is 2. The lowest BCUT2D eigenvalue weighted by Crippen LogP contribution is -2.51. The first-order valence-electron chi connectivity index (χ1n) is 7.00. The number of aliphatic carboxylic acids is 1. The Morgan fingerprint density at radius 3 is 2.14 bits per heavy atom. The Balaban J connectivity index is 4.51. The molecule has 0 aliphatic rings.